The fraction of sp³-hybridized carbons (Fsp3) is 0.125. The summed E-state index contributed by atoms with van der Waals surface area (Å²) in [7, 11) is 0. The van der Waals surface area contributed by atoms with Gasteiger partial charge in [-0.1, -0.05) is 104 Å². The largest absolute Gasteiger partial charge is 0.460 e. The molecule has 2 unspecified atom stereocenters. The molecule has 52 heavy (non-hydrogen) atoms. The molecule has 0 amide bonds. The van der Waals surface area contributed by atoms with Crippen molar-refractivity contribution in [2.24, 2.45) is 0 Å². The van der Waals surface area contributed by atoms with Crippen molar-refractivity contribution in [2.45, 2.75) is 31.1 Å². The van der Waals surface area contributed by atoms with Crippen LogP contribution in [-0.2, 0) is 10.2 Å². The number of ether oxygens (including phenoxy) is 2. The van der Waals surface area contributed by atoms with Gasteiger partial charge in [-0.15, -0.1) is 0 Å². The van der Waals surface area contributed by atoms with Gasteiger partial charge in [0.05, 0.1) is 11.1 Å². The summed E-state index contributed by atoms with van der Waals surface area (Å²) in [5.74, 6) is 3.40. The van der Waals surface area contributed by atoms with Crippen LogP contribution in [-0.4, -0.2) is 6.54 Å². The quantitative estimate of drug-likeness (QED) is 0.234. The summed E-state index contributed by atoms with van der Waals surface area (Å²) in [6.07, 6.45) is 27.2. The van der Waals surface area contributed by atoms with E-state index >= 15 is 0 Å². The first-order chi connectivity index (χ1) is 25.6. The molecule has 0 aromatic heterocycles. The summed E-state index contributed by atoms with van der Waals surface area (Å²) in [4.78, 5) is 2.24. The third-order valence-corrected chi connectivity index (χ3v) is 10.7. The second-order valence-corrected chi connectivity index (χ2v) is 14.0. The minimum absolute atomic E-state index is 0.00273. The molecule has 5 aliphatic rings. The van der Waals surface area contributed by atoms with Crippen LogP contribution in [0.5, 0.6) is 11.5 Å². The molecule has 2 atom stereocenters. The van der Waals surface area contributed by atoms with E-state index in [-0.39, 0.29) is 5.92 Å². The van der Waals surface area contributed by atoms with Crippen LogP contribution in [0.3, 0.4) is 0 Å². The summed E-state index contributed by atoms with van der Waals surface area (Å²) < 4.78 is 14.3. The maximum Gasteiger partial charge on any atom is 0.135 e. The second kappa shape index (κ2) is 13.1. The lowest BCUT2D eigenvalue weighted by Crippen LogP contribution is -2.28. The molecule has 0 saturated carbocycles. The third-order valence-electron chi connectivity index (χ3n) is 10.7. The van der Waals surface area contributed by atoms with Crippen LogP contribution in [0, 0.1) is 0 Å². The van der Waals surface area contributed by atoms with Gasteiger partial charge in [-0.3, -0.25) is 0 Å². The van der Waals surface area contributed by atoms with Gasteiger partial charge in [-0.25, -0.2) is 0 Å². The van der Waals surface area contributed by atoms with Crippen molar-refractivity contribution in [3.05, 3.63) is 210 Å². The van der Waals surface area contributed by atoms with Crippen LogP contribution in [0.25, 0.3) is 16.8 Å². The third kappa shape index (κ3) is 5.57. The lowest BCUT2D eigenvalue weighted by molar-refractivity contribution is 0.243. The maximum atomic E-state index is 7.16. The SMILES string of the molecule is C=C1/C=C\C=C/N(c2ccccc2)c2ccc(C3CC=CC4=C3c3ccc(C5=CC=CCN5)cc3Oc3ccccc3C3(C)CC=CC=C3O4)cc21. The summed E-state index contributed by atoms with van der Waals surface area (Å²) >= 11 is 0. The summed E-state index contributed by atoms with van der Waals surface area (Å²) in [6.45, 7) is 7.57. The molecule has 3 aliphatic heterocycles. The van der Waals surface area contributed by atoms with Gasteiger partial charge in [-0.05, 0) is 91.6 Å². The number of nitrogens with zero attached hydrogens (tertiary/aromatic N) is 1. The average Bonchev–Trinajstić information content (AvgIpc) is 3.19. The van der Waals surface area contributed by atoms with Crippen LogP contribution in [0.2, 0.25) is 0 Å². The average molecular weight is 677 g/mol. The molecule has 2 aliphatic carbocycles. The van der Waals surface area contributed by atoms with Gasteiger partial charge in [-0.2, -0.15) is 0 Å². The molecule has 1 N–H and O–H groups in total. The van der Waals surface area contributed by atoms with Gasteiger partial charge in [0.15, 0.2) is 0 Å². The molecule has 4 aromatic rings. The highest BCUT2D eigenvalue weighted by molar-refractivity contribution is 5.88. The van der Waals surface area contributed by atoms with Gasteiger partial charge >= 0.3 is 0 Å². The highest BCUT2D eigenvalue weighted by atomic mass is 16.5. The van der Waals surface area contributed by atoms with Gasteiger partial charge in [0.25, 0.3) is 0 Å². The van der Waals surface area contributed by atoms with Gasteiger partial charge in [0, 0.05) is 57.9 Å². The predicted molar refractivity (Wildman–Crippen MR) is 214 cm³/mol. The van der Waals surface area contributed by atoms with Gasteiger partial charge in [0.2, 0.25) is 0 Å². The normalized spacial score (nSPS) is 22.7. The Balaban J connectivity index is 1.24. The van der Waals surface area contributed by atoms with Crippen LogP contribution in [0.4, 0.5) is 11.4 Å². The summed E-state index contributed by atoms with van der Waals surface area (Å²) in [5, 5.41) is 3.54. The highest BCUT2D eigenvalue weighted by Crippen LogP contribution is 2.52. The lowest BCUT2D eigenvalue weighted by Gasteiger charge is -2.37. The van der Waals surface area contributed by atoms with E-state index in [1.807, 2.05) is 6.07 Å². The lowest BCUT2D eigenvalue weighted by atomic mass is 9.74. The van der Waals surface area contributed by atoms with Gasteiger partial charge in [0.1, 0.15) is 23.0 Å². The van der Waals surface area contributed by atoms with E-state index in [9.17, 15) is 0 Å². The Bertz CT molecular complexity index is 2350. The zero-order valence-corrected chi connectivity index (χ0v) is 29.3. The molecule has 0 spiro atoms. The van der Waals surface area contributed by atoms with Crippen molar-refractivity contribution in [3.8, 4) is 11.5 Å². The predicted octanol–water partition coefficient (Wildman–Crippen LogP) is 11.8. The number of hydrogen-bond donors (Lipinski definition) is 1. The van der Waals surface area contributed by atoms with E-state index in [1.165, 1.54) is 5.56 Å². The minimum atomic E-state index is -0.418. The smallest absolute Gasteiger partial charge is 0.135 e. The Hall–Kier alpha value is -6.26. The van der Waals surface area contributed by atoms with E-state index in [4.69, 9.17) is 9.47 Å². The van der Waals surface area contributed by atoms with Crippen LogP contribution >= 0.6 is 0 Å². The topological polar surface area (TPSA) is 33.7 Å². The number of benzene rings is 4. The minimum Gasteiger partial charge on any atom is -0.460 e. The molecule has 254 valence electrons. The molecule has 0 saturated heterocycles. The standard InChI is InChI=1S/C48H40N2O2/c1-33-15-10-13-30-50(36-16-4-3-5-17-36)42-27-25-34(31-39(33)42)37-18-14-22-44-47(37)38-26-24-35(41-20-9-12-29-49-41)32-45(38)51-43-21-7-6-19-40(43)48(2)28-11-8-23-46(48)52-44/h3-17,19-27,30-32,37,49H,1,18,28-29H2,2H3/b15-10-,30-13-. The van der Waals surface area contributed by atoms with E-state index in [0.717, 1.165) is 92.9 Å². The number of rotatable bonds is 3. The van der Waals surface area contributed by atoms with E-state index in [0.29, 0.717) is 0 Å². The Morgan fingerprint density at radius 1 is 0.769 bits per heavy atom. The first-order valence-electron chi connectivity index (χ1n) is 18.1. The van der Waals surface area contributed by atoms with E-state index in [1.54, 1.807) is 0 Å². The molecule has 3 heterocycles. The van der Waals surface area contributed by atoms with E-state index < -0.39 is 5.41 Å². The fourth-order valence-corrected chi connectivity index (χ4v) is 7.97. The number of anilines is 2. The summed E-state index contributed by atoms with van der Waals surface area (Å²) in [6, 6.07) is 32.3. The van der Waals surface area contributed by atoms with Crippen molar-refractivity contribution in [1.82, 2.24) is 5.32 Å². The van der Waals surface area contributed by atoms with Crippen molar-refractivity contribution < 1.29 is 9.47 Å². The first kappa shape index (κ1) is 31.7. The van der Waals surface area contributed by atoms with Crippen molar-refractivity contribution >= 4 is 28.2 Å². The van der Waals surface area contributed by atoms with Crippen LogP contribution < -0.4 is 15.0 Å². The number of nitrogens with one attached hydrogen (secondary N) is 1. The molecule has 9 rings (SSSR count). The van der Waals surface area contributed by atoms with Crippen molar-refractivity contribution in [2.75, 3.05) is 11.4 Å². The summed E-state index contributed by atoms with van der Waals surface area (Å²) in [5.41, 5.74) is 10.4. The Kier molecular flexibility index (Phi) is 8.01. The van der Waals surface area contributed by atoms with Crippen molar-refractivity contribution in [3.63, 3.8) is 0 Å². The Morgan fingerprint density at radius 2 is 1.63 bits per heavy atom. The monoisotopic (exact) mass is 676 g/mol. The van der Waals surface area contributed by atoms with E-state index in [2.05, 4.69) is 182 Å². The van der Waals surface area contributed by atoms with Crippen LogP contribution in [0.15, 0.2) is 182 Å². The number of dihydropyridines is 1. The zero-order valence-electron chi connectivity index (χ0n) is 29.3. The van der Waals surface area contributed by atoms with Crippen LogP contribution in [0.1, 0.15) is 53.5 Å². The zero-order chi connectivity index (χ0) is 35.1. The fourth-order valence-electron chi connectivity index (χ4n) is 7.97. The molecule has 4 aromatic carbocycles. The second-order valence-electron chi connectivity index (χ2n) is 14.0. The number of fused-ring (bicyclic) bond motifs is 6. The molecular weight excluding hydrogens is 637 g/mol. The van der Waals surface area contributed by atoms with Crippen molar-refractivity contribution in [1.29, 1.82) is 0 Å². The molecule has 4 nitrogen and oxygen atoms in total. The molecule has 4 heteroatoms. The van der Waals surface area contributed by atoms with Gasteiger partial charge < -0.3 is 19.7 Å². The molecule has 0 radical (unpaired) electrons. The molecule has 0 fully saturated rings. The highest BCUT2D eigenvalue weighted by Gasteiger charge is 2.39. The molecule has 0 bridgehead atoms. The molecular formula is C48H40N2O2. The Morgan fingerprint density at radius 3 is 2.52 bits per heavy atom. The number of para-hydroxylation sites is 2. The number of allylic oxidation sites excluding steroid dienone is 13. The first-order valence-corrected chi connectivity index (χ1v) is 18.1. The maximum absolute atomic E-state index is 7.16. The number of hydrogen-bond acceptors (Lipinski definition) is 4. The Labute approximate surface area is 306 Å².